The molecule has 0 spiro atoms. The number of benzene rings is 1. The Morgan fingerprint density at radius 2 is 2.06 bits per heavy atom. The minimum atomic E-state index is -0.386. The Morgan fingerprint density at radius 3 is 2.71 bits per heavy atom. The zero-order chi connectivity index (χ0) is 11.8. The maximum Gasteiger partial charge on any atom is 0.270 e. The molecule has 2 heterocycles. The molecule has 0 bridgehead atoms. The van der Waals surface area contributed by atoms with Gasteiger partial charge < -0.3 is 4.90 Å². The van der Waals surface area contributed by atoms with E-state index in [-0.39, 0.29) is 10.6 Å². The summed E-state index contributed by atoms with van der Waals surface area (Å²) in [5.74, 6) is 0.956. The molecule has 1 aliphatic rings. The second kappa shape index (κ2) is 3.69. The van der Waals surface area contributed by atoms with Crippen molar-refractivity contribution in [2.75, 3.05) is 18.0 Å². The fraction of sp³-hybridized carbons (Fsp3) is 0.250. The number of hydrogen-bond acceptors (Lipinski definition) is 4. The summed E-state index contributed by atoms with van der Waals surface area (Å²) < 4.78 is 0. The quantitative estimate of drug-likeness (QED) is 0.585. The summed E-state index contributed by atoms with van der Waals surface area (Å²) in [7, 11) is 0. The number of nitrogens with zero attached hydrogens (tertiary/aromatic N) is 3. The monoisotopic (exact) mass is 229 g/mol. The lowest BCUT2D eigenvalue weighted by Crippen LogP contribution is -2.37. The largest absolute Gasteiger partial charge is 0.356 e. The van der Waals surface area contributed by atoms with Gasteiger partial charge in [0, 0.05) is 30.6 Å². The number of anilines is 1. The van der Waals surface area contributed by atoms with Crippen LogP contribution in [0.3, 0.4) is 0 Å². The standard InChI is InChI=1S/C12H11N3O2/c16-15(17)10-3-4-11-9(8-10)2-5-12(13-11)14-6-1-7-14/h2-5,8H,1,6-7H2. The minimum Gasteiger partial charge on any atom is -0.356 e. The molecule has 0 amide bonds. The van der Waals surface area contributed by atoms with E-state index >= 15 is 0 Å². The topological polar surface area (TPSA) is 59.3 Å². The molecule has 1 fully saturated rings. The number of fused-ring (bicyclic) bond motifs is 1. The molecule has 0 aliphatic carbocycles. The lowest BCUT2D eigenvalue weighted by Gasteiger charge is -2.32. The maximum atomic E-state index is 10.7. The molecule has 1 aromatic carbocycles. The first-order valence-corrected chi connectivity index (χ1v) is 5.54. The molecule has 1 aromatic heterocycles. The van der Waals surface area contributed by atoms with Crippen LogP contribution in [0.5, 0.6) is 0 Å². The average molecular weight is 229 g/mol. The molecule has 0 radical (unpaired) electrons. The van der Waals surface area contributed by atoms with Crippen LogP contribution < -0.4 is 4.90 Å². The highest BCUT2D eigenvalue weighted by Crippen LogP contribution is 2.24. The third kappa shape index (κ3) is 1.69. The molecule has 0 saturated carbocycles. The van der Waals surface area contributed by atoms with E-state index in [0.29, 0.717) is 0 Å². The van der Waals surface area contributed by atoms with Crippen molar-refractivity contribution in [1.29, 1.82) is 0 Å². The van der Waals surface area contributed by atoms with Gasteiger partial charge in [-0.3, -0.25) is 10.1 Å². The van der Waals surface area contributed by atoms with E-state index in [1.165, 1.54) is 12.5 Å². The highest BCUT2D eigenvalue weighted by molar-refractivity contribution is 5.82. The van der Waals surface area contributed by atoms with Gasteiger partial charge in [-0.05, 0) is 24.6 Å². The Balaban J connectivity index is 2.05. The Hall–Kier alpha value is -2.17. The van der Waals surface area contributed by atoms with E-state index in [1.54, 1.807) is 12.1 Å². The lowest BCUT2D eigenvalue weighted by atomic mass is 10.1. The highest BCUT2D eigenvalue weighted by atomic mass is 16.6. The van der Waals surface area contributed by atoms with E-state index in [4.69, 9.17) is 0 Å². The van der Waals surface area contributed by atoms with Crippen LogP contribution in [0.4, 0.5) is 11.5 Å². The van der Waals surface area contributed by atoms with Crippen molar-refractivity contribution in [3.05, 3.63) is 40.4 Å². The molecule has 5 nitrogen and oxygen atoms in total. The molecule has 0 N–H and O–H groups in total. The third-order valence-electron chi connectivity index (χ3n) is 3.05. The number of non-ortho nitro benzene ring substituents is 1. The molecule has 5 heteroatoms. The first-order chi connectivity index (χ1) is 8.24. The van der Waals surface area contributed by atoms with Crippen LogP contribution in [0, 0.1) is 10.1 Å². The van der Waals surface area contributed by atoms with Gasteiger partial charge >= 0.3 is 0 Å². The summed E-state index contributed by atoms with van der Waals surface area (Å²) in [6.07, 6.45) is 1.21. The molecule has 86 valence electrons. The molecule has 17 heavy (non-hydrogen) atoms. The van der Waals surface area contributed by atoms with Crippen molar-refractivity contribution in [2.24, 2.45) is 0 Å². The van der Waals surface area contributed by atoms with Gasteiger partial charge in [-0.25, -0.2) is 4.98 Å². The van der Waals surface area contributed by atoms with Crippen LogP contribution in [0.2, 0.25) is 0 Å². The van der Waals surface area contributed by atoms with Gasteiger partial charge in [0.1, 0.15) is 5.82 Å². The van der Waals surface area contributed by atoms with Gasteiger partial charge in [0.2, 0.25) is 0 Å². The fourth-order valence-electron chi connectivity index (χ4n) is 1.94. The molecule has 1 aliphatic heterocycles. The van der Waals surface area contributed by atoms with Crippen LogP contribution in [-0.4, -0.2) is 23.0 Å². The number of nitro groups is 1. The third-order valence-corrected chi connectivity index (χ3v) is 3.05. The first-order valence-electron chi connectivity index (χ1n) is 5.54. The molecule has 0 unspecified atom stereocenters. The zero-order valence-electron chi connectivity index (χ0n) is 9.17. The van der Waals surface area contributed by atoms with E-state index in [2.05, 4.69) is 9.88 Å². The number of aromatic nitrogens is 1. The van der Waals surface area contributed by atoms with Crippen LogP contribution >= 0.6 is 0 Å². The predicted molar refractivity (Wildman–Crippen MR) is 65.2 cm³/mol. The summed E-state index contributed by atoms with van der Waals surface area (Å²) in [6.45, 7) is 2.09. The van der Waals surface area contributed by atoms with Crippen molar-refractivity contribution in [2.45, 2.75) is 6.42 Å². The SMILES string of the molecule is O=[N+]([O-])c1ccc2nc(N3CCC3)ccc2c1. The van der Waals surface area contributed by atoms with Crippen LogP contribution in [0.25, 0.3) is 10.9 Å². The fourth-order valence-corrected chi connectivity index (χ4v) is 1.94. The van der Waals surface area contributed by atoms with Crippen molar-refractivity contribution < 1.29 is 4.92 Å². The molecule has 1 saturated heterocycles. The normalized spacial score (nSPS) is 14.7. The van der Waals surface area contributed by atoms with Crippen LogP contribution in [0.15, 0.2) is 30.3 Å². The van der Waals surface area contributed by atoms with Gasteiger partial charge in [0.05, 0.1) is 10.4 Å². The lowest BCUT2D eigenvalue weighted by molar-refractivity contribution is -0.384. The van der Waals surface area contributed by atoms with E-state index in [1.807, 2.05) is 12.1 Å². The number of nitro benzene ring substituents is 1. The molecule has 2 aromatic rings. The smallest absolute Gasteiger partial charge is 0.270 e. The number of hydrogen-bond donors (Lipinski definition) is 0. The van der Waals surface area contributed by atoms with Crippen molar-refractivity contribution >= 4 is 22.4 Å². The number of pyridine rings is 1. The first kappa shape index (κ1) is 10.0. The molecular weight excluding hydrogens is 218 g/mol. The van der Waals surface area contributed by atoms with E-state index in [0.717, 1.165) is 29.8 Å². The van der Waals surface area contributed by atoms with Gasteiger partial charge in [0.25, 0.3) is 5.69 Å². The van der Waals surface area contributed by atoms with Gasteiger partial charge in [0.15, 0.2) is 0 Å². The summed E-state index contributed by atoms with van der Waals surface area (Å²) in [5, 5.41) is 11.5. The predicted octanol–water partition coefficient (Wildman–Crippen LogP) is 2.35. The van der Waals surface area contributed by atoms with Crippen LogP contribution in [0.1, 0.15) is 6.42 Å². The summed E-state index contributed by atoms with van der Waals surface area (Å²) >= 11 is 0. The Labute approximate surface area is 97.8 Å². The van der Waals surface area contributed by atoms with E-state index in [9.17, 15) is 10.1 Å². The molecular formula is C12H11N3O2. The van der Waals surface area contributed by atoms with Gasteiger partial charge in [-0.15, -0.1) is 0 Å². The summed E-state index contributed by atoms with van der Waals surface area (Å²) in [5.41, 5.74) is 0.913. The van der Waals surface area contributed by atoms with Crippen LogP contribution in [-0.2, 0) is 0 Å². The average Bonchev–Trinajstić information content (AvgIpc) is 2.26. The Bertz CT molecular complexity index is 593. The zero-order valence-corrected chi connectivity index (χ0v) is 9.17. The van der Waals surface area contributed by atoms with Crippen molar-refractivity contribution in [3.8, 4) is 0 Å². The van der Waals surface area contributed by atoms with Crippen molar-refractivity contribution in [1.82, 2.24) is 4.98 Å². The Kier molecular flexibility index (Phi) is 2.18. The second-order valence-corrected chi connectivity index (χ2v) is 4.14. The minimum absolute atomic E-state index is 0.107. The van der Waals surface area contributed by atoms with Crippen molar-refractivity contribution in [3.63, 3.8) is 0 Å². The molecule has 0 atom stereocenters. The second-order valence-electron chi connectivity index (χ2n) is 4.14. The maximum absolute atomic E-state index is 10.7. The summed E-state index contributed by atoms with van der Waals surface area (Å²) in [6, 6.07) is 8.57. The van der Waals surface area contributed by atoms with Gasteiger partial charge in [-0.2, -0.15) is 0 Å². The van der Waals surface area contributed by atoms with E-state index < -0.39 is 0 Å². The summed E-state index contributed by atoms with van der Waals surface area (Å²) in [4.78, 5) is 17.0. The molecule has 3 rings (SSSR count). The Morgan fingerprint density at radius 1 is 1.24 bits per heavy atom. The number of rotatable bonds is 2. The highest BCUT2D eigenvalue weighted by Gasteiger charge is 2.16. The van der Waals surface area contributed by atoms with Gasteiger partial charge in [-0.1, -0.05) is 0 Å².